The molecular weight excluding hydrogens is 588 g/mol. The number of nitro groups is 1. The molecule has 10 heteroatoms. The van der Waals surface area contributed by atoms with Gasteiger partial charge in [-0.15, -0.1) is 0 Å². The fourth-order valence-electron chi connectivity index (χ4n) is 4.24. The molecule has 36 heavy (non-hydrogen) atoms. The third-order valence-electron chi connectivity index (χ3n) is 5.92. The van der Waals surface area contributed by atoms with Crippen LogP contribution < -0.4 is 0 Å². The van der Waals surface area contributed by atoms with Crippen LogP contribution in [-0.2, 0) is 19.6 Å². The first-order chi connectivity index (χ1) is 17.4. The molecule has 0 atom stereocenters. The maximum atomic E-state index is 11.2. The van der Waals surface area contributed by atoms with E-state index in [2.05, 4.69) is 66.0 Å². The first kappa shape index (κ1) is 24.5. The van der Waals surface area contributed by atoms with E-state index in [1.54, 1.807) is 10.8 Å². The van der Waals surface area contributed by atoms with Gasteiger partial charge in [-0.2, -0.15) is 0 Å². The average molecular weight is 610 g/mol. The SMILES string of the molecule is O=[N+]([O-])c1nccn1CCCN(Cc1ccc2cc(Br)ccc2n1)Cc1ccc2cc(Br)ccc2n1. The van der Waals surface area contributed by atoms with Crippen LogP contribution in [-0.4, -0.2) is 35.9 Å². The summed E-state index contributed by atoms with van der Waals surface area (Å²) in [5, 5.41) is 13.4. The summed E-state index contributed by atoms with van der Waals surface area (Å²) in [4.78, 5) is 26.6. The Morgan fingerprint density at radius 3 is 2.00 bits per heavy atom. The molecular formula is C26H22Br2N6O2. The molecule has 0 unspecified atom stereocenters. The van der Waals surface area contributed by atoms with Crippen molar-refractivity contribution in [1.29, 1.82) is 0 Å². The normalized spacial score (nSPS) is 11.5. The molecule has 3 aromatic heterocycles. The van der Waals surface area contributed by atoms with E-state index in [0.29, 0.717) is 19.6 Å². The summed E-state index contributed by atoms with van der Waals surface area (Å²) in [6.07, 6.45) is 3.83. The molecule has 0 aliphatic rings. The number of aromatic nitrogens is 4. The quantitative estimate of drug-likeness (QED) is 0.140. The van der Waals surface area contributed by atoms with Crippen molar-refractivity contribution in [3.8, 4) is 0 Å². The number of hydrogen-bond acceptors (Lipinski definition) is 6. The summed E-state index contributed by atoms with van der Waals surface area (Å²) in [6, 6.07) is 20.4. The van der Waals surface area contributed by atoms with Crippen molar-refractivity contribution >= 4 is 59.6 Å². The minimum atomic E-state index is -0.452. The number of rotatable bonds is 9. The second kappa shape index (κ2) is 10.8. The standard InChI is InChI=1S/C26H22Br2N6O2/c27-20-4-8-24-18(14-20)2-6-22(30-24)16-32(11-1-12-33-13-10-29-26(33)34(35)36)17-23-7-3-19-15-21(28)5-9-25(19)31-23/h2-10,13-15H,1,11-12,16-17H2. The zero-order valence-electron chi connectivity index (χ0n) is 19.2. The Morgan fingerprint density at radius 1 is 0.861 bits per heavy atom. The van der Waals surface area contributed by atoms with Crippen LogP contribution in [0.4, 0.5) is 5.95 Å². The largest absolute Gasteiger partial charge is 0.434 e. The number of aryl methyl sites for hydroxylation is 1. The first-order valence-corrected chi connectivity index (χ1v) is 13.0. The summed E-state index contributed by atoms with van der Waals surface area (Å²) in [5.41, 5.74) is 3.81. The second-order valence-electron chi connectivity index (χ2n) is 8.52. The minimum absolute atomic E-state index is 0.133. The van der Waals surface area contributed by atoms with E-state index >= 15 is 0 Å². The molecule has 0 fully saturated rings. The van der Waals surface area contributed by atoms with Crippen molar-refractivity contribution in [1.82, 2.24) is 24.4 Å². The lowest BCUT2D eigenvalue weighted by Crippen LogP contribution is -2.26. The number of benzene rings is 2. The third kappa shape index (κ3) is 5.77. The number of hydrogen-bond donors (Lipinski definition) is 0. The van der Waals surface area contributed by atoms with E-state index in [0.717, 1.165) is 55.1 Å². The Kier molecular flexibility index (Phi) is 7.35. The summed E-state index contributed by atoms with van der Waals surface area (Å²) < 4.78 is 3.62. The summed E-state index contributed by atoms with van der Waals surface area (Å²) in [5.74, 6) is -0.133. The Bertz CT molecular complexity index is 1470. The van der Waals surface area contributed by atoms with Gasteiger partial charge in [-0.05, 0) is 59.9 Å². The van der Waals surface area contributed by atoms with E-state index in [4.69, 9.17) is 9.97 Å². The van der Waals surface area contributed by atoms with Gasteiger partial charge in [0.25, 0.3) is 0 Å². The zero-order chi connectivity index (χ0) is 25.1. The van der Waals surface area contributed by atoms with Crippen LogP contribution in [0.15, 0.2) is 82.0 Å². The Balaban J connectivity index is 1.36. The summed E-state index contributed by atoms with van der Waals surface area (Å²) in [6.45, 7) is 2.50. The fourth-order valence-corrected chi connectivity index (χ4v) is 5.00. The summed E-state index contributed by atoms with van der Waals surface area (Å²) in [7, 11) is 0. The third-order valence-corrected chi connectivity index (χ3v) is 6.91. The molecule has 0 aliphatic heterocycles. The predicted octanol–water partition coefficient (Wildman–Crippen LogP) is 6.51. The van der Waals surface area contributed by atoms with Gasteiger partial charge in [0.15, 0.2) is 0 Å². The lowest BCUT2D eigenvalue weighted by Gasteiger charge is -2.22. The van der Waals surface area contributed by atoms with Crippen LogP contribution in [0.3, 0.4) is 0 Å². The monoisotopic (exact) mass is 608 g/mol. The molecule has 0 N–H and O–H groups in total. The van der Waals surface area contributed by atoms with Crippen molar-refractivity contribution in [2.45, 2.75) is 26.1 Å². The van der Waals surface area contributed by atoms with Crippen LogP contribution in [0, 0.1) is 10.1 Å². The van der Waals surface area contributed by atoms with Crippen molar-refractivity contribution in [2.24, 2.45) is 0 Å². The van der Waals surface area contributed by atoms with Crippen molar-refractivity contribution in [3.63, 3.8) is 0 Å². The van der Waals surface area contributed by atoms with Crippen molar-refractivity contribution in [3.05, 3.63) is 104 Å². The van der Waals surface area contributed by atoms with Crippen LogP contribution in [0.25, 0.3) is 21.8 Å². The number of fused-ring (bicyclic) bond motifs is 2. The van der Waals surface area contributed by atoms with Gasteiger partial charge in [0.2, 0.25) is 0 Å². The lowest BCUT2D eigenvalue weighted by atomic mass is 10.2. The molecule has 5 aromatic rings. The molecule has 0 spiro atoms. The van der Waals surface area contributed by atoms with Crippen molar-refractivity contribution in [2.75, 3.05) is 6.54 Å². The van der Waals surface area contributed by atoms with Crippen LogP contribution in [0.1, 0.15) is 17.8 Å². The van der Waals surface area contributed by atoms with E-state index < -0.39 is 4.92 Å². The van der Waals surface area contributed by atoms with E-state index in [1.165, 1.54) is 6.20 Å². The smallest absolute Gasteiger partial charge is 0.390 e. The summed E-state index contributed by atoms with van der Waals surface area (Å²) >= 11 is 7.03. The average Bonchev–Trinajstić information content (AvgIpc) is 3.33. The van der Waals surface area contributed by atoms with E-state index in [-0.39, 0.29) is 5.95 Å². The molecule has 0 radical (unpaired) electrons. The van der Waals surface area contributed by atoms with Gasteiger partial charge in [0.05, 0.1) is 29.0 Å². The molecule has 2 aromatic carbocycles. The number of nitrogens with zero attached hydrogens (tertiary/aromatic N) is 6. The van der Waals surface area contributed by atoms with Gasteiger partial charge in [-0.25, -0.2) is 4.57 Å². The molecule has 0 saturated heterocycles. The highest BCUT2D eigenvalue weighted by Gasteiger charge is 2.15. The maximum absolute atomic E-state index is 11.2. The van der Waals surface area contributed by atoms with E-state index in [1.807, 2.05) is 36.4 Å². The highest BCUT2D eigenvalue weighted by atomic mass is 79.9. The second-order valence-corrected chi connectivity index (χ2v) is 10.4. The van der Waals surface area contributed by atoms with Gasteiger partial charge in [0, 0.05) is 39.4 Å². The van der Waals surface area contributed by atoms with Gasteiger partial charge >= 0.3 is 5.95 Å². The first-order valence-electron chi connectivity index (χ1n) is 11.4. The molecule has 0 amide bonds. The Morgan fingerprint density at radius 2 is 1.44 bits per heavy atom. The van der Waals surface area contributed by atoms with Crippen LogP contribution >= 0.6 is 31.9 Å². The molecule has 0 aliphatic carbocycles. The highest BCUT2D eigenvalue weighted by Crippen LogP contribution is 2.21. The zero-order valence-corrected chi connectivity index (χ0v) is 22.4. The van der Waals surface area contributed by atoms with Gasteiger partial charge in [-0.3, -0.25) is 14.9 Å². The lowest BCUT2D eigenvalue weighted by molar-refractivity contribution is -0.396. The number of pyridine rings is 2. The molecule has 0 saturated carbocycles. The maximum Gasteiger partial charge on any atom is 0.434 e. The minimum Gasteiger partial charge on any atom is -0.390 e. The predicted molar refractivity (Wildman–Crippen MR) is 146 cm³/mol. The van der Waals surface area contributed by atoms with Crippen LogP contribution in [0.5, 0.6) is 0 Å². The van der Waals surface area contributed by atoms with Crippen molar-refractivity contribution < 1.29 is 4.92 Å². The molecule has 8 nitrogen and oxygen atoms in total. The van der Waals surface area contributed by atoms with E-state index in [9.17, 15) is 10.1 Å². The molecule has 5 rings (SSSR count). The molecule has 0 bridgehead atoms. The number of imidazole rings is 1. The highest BCUT2D eigenvalue weighted by molar-refractivity contribution is 9.10. The number of halogens is 2. The molecule has 182 valence electrons. The topological polar surface area (TPSA) is 90.0 Å². The van der Waals surface area contributed by atoms with Gasteiger partial charge in [-0.1, -0.05) is 49.0 Å². The van der Waals surface area contributed by atoms with Gasteiger partial charge < -0.3 is 10.1 Å². The molecule has 3 heterocycles. The Labute approximate surface area is 224 Å². The Hall–Kier alpha value is -3.21. The van der Waals surface area contributed by atoms with Gasteiger partial charge in [0.1, 0.15) is 12.4 Å². The van der Waals surface area contributed by atoms with Crippen LogP contribution in [0.2, 0.25) is 0 Å². The fraction of sp³-hybridized carbons (Fsp3) is 0.192.